The minimum Gasteiger partial charge on any atom is -0.349 e. The molecule has 1 aromatic rings. The second-order valence-corrected chi connectivity index (χ2v) is 4.50. The van der Waals surface area contributed by atoms with Gasteiger partial charge >= 0.3 is 0 Å². The molecule has 0 atom stereocenters. The number of carbonyl (C=O) groups excluding carboxylic acids is 1. The van der Waals surface area contributed by atoms with Gasteiger partial charge in [0, 0.05) is 11.6 Å². The molecular formula is C12H12F3NO. The molecule has 0 aromatic heterocycles. The van der Waals surface area contributed by atoms with Crippen molar-refractivity contribution in [3.05, 3.63) is 35.1 Å². The Morgan fingerprint density at radius 3 is 2.24 bits per heavy atom. The van der Waals surface area contributed by atoms with Gasteiger partial charge in [0.05, 0.1) is 0 Å². The first-order chi connectivity index (χ1) is 7.97. The molecule has 1 amide bonds. The first-order valence-corrected chi connectivity index (χ1v) is 5.42. The Morgan fingerprint density at radius 1 is 1.24 bits per heavy atom. The fourth-order valence-electron chi connectivity index (χ4n) is 1.98. The van der Waals surface area contributed by atoms with E-state index >= 15 is 0 Å². The molecule has 0 bridgehead atoms. The molecule has 0 unspecified atom stereocenters. The highest BCUT2D eigenvalue weighted by molar-refractivity contribution is 5.94. The lowest BCUT2D eigenvalue weighted by atomic mass is 9.82. The van der Waals surface area contributed by atoms with E-state index in [1.807, 2.05) is 0 Å². The third-order valence-electron chi connectivity index (χ3n) is 2.95. The van der Waals surface area contributed by atoms with Crippen LogP contribution in [0.5, 0.6) is 0 Å². The van der Waals surface area contributed by atoms with Crippen LogP contribution in [0.2, 0.25) is 0 Å². The fraction of sp³-hybridized carbons (Fsp3) is 0.417. The van der Waals surface area contributed by atoms with E-state index in [0.29, 0.717) is 18.1 Å². The molecule has 2 rings (SSSR count). The second kappa shape index (κ2) is 4.39. The smallest absolute Gasteiger partial charge is 0.251 e. The van der Waals surface area contributed by atoms with Gasteiger partial charge in [-0.05, 0) is 30.9 Å². The van der Waals surface area contributed by atoms with Crippen molar-refractivity contribution in [3.8, 4) is 0 Å². The highest BCUT2D eigenvalue weighted by atomic mass is 19.2. The van der Waals surface area contributed by atoms with E-state index < -0.39 is 23.4 Å². The molecular weight excluding hydrogens is 231 g/mol. The lowest BCUT2D eigenvalue weighted by Crippen LogP contribution is -2.43. The van der Waals surface area contributed by atoms with Crippen LogP contribution in [0.25, 0.3) is 0 Å². The Bertz CT molecular complexity index is 432. The molecule has 1 saturated carbocycles. The molecule has 1 aliphatic rings. The fourth-order valence-corrected chi connectivity index (χ4v) is 1.98. The summed E-state index contributed by atoms with van der Waals surface area (Å²) < 4.78 is 38.5. The molecule has 5 heteroatoms. The zero-order chi connectivity index (χ0) is 12.6. The van der Waals surface area contributed by atoms with Crippen LogP contribution in [0, 0.1) is 23.4 Å². The number of carbonyl (C=O) groups is 1. The summed E-state index contributed by atoms with van der Waals surface area (Å²) in [6.45, 7) is 2.06. The van der Waals surface area contributed by atoms with Crippen molar-refractivity contribution in [3.63, 3.8) is 0 Å². The molecule has 1 aliphatic carbocycles. The van der Waals surface area contributed by atoms with Gasteiger partial charge in [-0.2, -0.15) is 0 Å². The topological polar surface area (TPSA) is 29.1 Å². The summed E-state index contributed by atoms with van der Waals surface area (Å²) in [5.74, 6) is -4.27. The van der Waals surface area contributed by atoms with Gasteiger partial charge in [0.1, 0.15) is 0 Å². The van der Waals surface area contributed by atoms with Gasteiger partial charge in [0.25, 0.3) is 5.91 Å². The molecule has 0 spiro atoms. The molecule has 1 aromatic carbocycles. The van der Waals surface area contributed by atoms with Crippen molar-refractivity contribution in [2.24, 2.45) is 5.92 Å². The molecule has 0 aliphatic heterocycles. The largest absolute Gasteiger partial charge is 0.349 e. The van der Waals surface area contributed by atoms with E-state index in [9.17, 15) is 18.0 Å². The summed E-state index contributed by atoms with van der Waals surface area (Å²) in [7, 11) is 0. The quantitative estimate of drug-likeness (QED) is 0.795. The van der Waals surface area contributed by atoms with Crippen LogP contribution < -0.4 is 5.32 Å². The molecule has 92 valence electrons. The number of amides is 1. The first kappa shape index (κ1) is 12.0. The Balaban J connectivity index is 2.09. The number of halogens is 3. The van der Waals surface area contributed by atoms with E-state index in [1.165, 1.54) is 0 Å². The van der Waals surface area contributed by atoms with Crippen molar-refractivity contribution < 1.29 is 18.0 Å². The molecule has 0 saturated heterocycles. The third-order valence-corrected chi connectivity index (χ3v) is 2.95. The number of hydrogen-bond acceptors (Lipinski definition) is 1. The van der Waals surface area contributed by atoms with Crippen LogP contribution in [0.4, 0.5) is 13.2 Å². The van der Waals surface area contributed by atoms with Crippen molar-refractivity contribution in [2.75, 3.05) is 0 Å². The SMILES string of the molecule is CC1CC(NC(=O)c2cc(F)c(F)c(F)c2)C1. The molecule has 1 N–H and O–H groups in total. The van der Waals surface area contributed by atoms with Gasteiger partial charge in [0.15, 0.2) is 17.5 Å². The molecule has 17 heavy (non-hydrogen) atoms. The highest BCUT2D eigenvalue weighted by Gasteiger charge is 2.27. The number of benzene rings is 1. The Kier molecular flexibility index (Phi) is 3.09. The third kappa shape index (κ3) is 2.43. The van der Waals surface area contributed by atoms with Crippen LogP contribution in [0.15, 0.2) is 12.1 Å². The van der Waals surface area contributed by atoms with E-state index in [4.69, 9.17) is 0 Å². The first-order valence-electron chi connectivity index (χ1n) is 5.42. The van der Waals surface area contributed by atoms with Gasteiger partial charge in [-0.1, -0.05) is 6.92 Å². The number of hydrogen-bond donors (Lipinski definition) is 1. The van der Waals surface area contributed by atoms with Crippen molar-refractivity contribution >= 4 is 5.91 Å². The van der Waals surface area contributed by atoms with Crippen LogP contribution in [0.1, 0.15) is 30.1 Å². The standard InChI is InChI=1S/C12H12F3NO/c1-6-2-8(3-6)16-12(17)7-4-9(13)11(15)10(14)5-7/h4-6,8H,2-3H2,1H3,(H,16,17). The zero-order valence-corrected chi connectivity index (χ0v) is 9.27. The summed E-state index contributed by atoms with van der Waals surface area (Å²) in [4.78, 5) is 11.6. The van der Waals surface area contributed by atoms with E-state index in [2.05, 4.69) is 12.2 Å². The molecule has 1 fully saturated rings. The van der Waals surface area contributed by atoms with Crippen LogP contribution in [-0.2, 0) is 0 Å². The van der Waals surface area contributed by atoms with Gasteiger partial charge < -0.3 is 5.32 Å². The monoisotopic (exact) mass is 243 g/mol. The minimum atomic E-state index is -1.56. The summed E-state index contributed by atoms with van der Waals surface area (Å²) in [5.41, 5.74) is -0.194. The number of nitrogens with one attached hydrogen (secondary N) is 1. The Hall–Kier alpha value is -1.52. The summed E-state index contributed by atoms with van der Waals surface area (Å²) in [6, 6.07) is 1.46. The van der Waals surface area contributed by atoms with Crippen LogP contribution >= 0.6 is 0 Å². The second-order valence-electron chi connectivity index (χ2n) is 4.50. The van der Waals surface area contributed by atoms with Gasteiger partial charge in [-0.3, -0.25) is 4.79 Å². The average Bonchev–Trinajstić information content (AvgIpc) is 2.23. The van der Waals surface area contributed by atoms with Crippen LogP contribution in [-0.4, -0.2) is 11.9 Å². The summed E-state index contributed by atoms with van der Waals surface area (Å²) in [5, 5.41) is 2.64. The van der Waals surface area contributed by atoms with E-state index in [1.54, 1.807) is 0 Å². The zero-order valence-electron chi connectivity index (χ0n) is 9.27. The average molecular weight is 243 g/mol. The maximum Gasteiger partial charge on any atom is 0.251 e. The Labute approximate surface area is 96.8 Å². The van der Waals surface area contributed by atoms with E-state index in [0.717, 1.165) is 12.8 Å². The lowest BCUT2D eigenvalue weighted by Gasteiger charge is -2.33. The van der Waals surface area contributed by atoms with Gasteiger partial charge in [-0.25, -0.2) is 13.2 Å². The summed E-state index contributed by atoms with van der Waals surface area (Å²) in [6.07, 6.45) is 1.72. The highest BCUT2D eigenvalue weighted by Crippen LogP contribution is 2.26. The predicted octanol–water partition coefficient (Wildman–Crippen LogP) is 2.63. The normalized spacial score (nSPS) is 23.1. The van der Waals surface area contributed by atoms with Crippen LogP contribution in [0.3, 0.4) is 0 Å². The van der Waals surface area contributed by atoms with Crippen molar-refractivity contribution in [1.29, 1.82) is 0 Å². The lowest BCUT2D eigenvalue weighted by molar-refractivity contribution is 0.0895. The molecule has 0 heterocycles. The van der Waals surface area contributed by atoms with Gasteiger partial charge in [-0.15, -0.1) is 0 Å². The maximum absolute atomic E-state index is 12.9. The Morgan fingerprint density at radius 2 is 1.76 bits per heavy atom. The summed E-state index contributed by atoms with van der Waals surface area (Å²) >= 11 is 0. The van der Waals surface area contributed by atoms with Crippen molar-refractivity contribution in [1.82, 2.24) is 5.32 Å². The van der Waals surface area contributed by atoms with Gasteiger partial charge in [0.2, 0.25) is 0 Å². The maximum atomic E-state index is 12.9. The molecule has 0 radical (unpaired) electrons. The van der Waals surface area contributed by atoms with E-state index in [-0.39, 0.29) is 11.6 Å². The molecule has 2 nitrogen and oxygen atoms in total. The van der Waals surface area contributed by atoms with Crippen molar-refractivity contribution in [2.45, 2.75) is 25.8 Å². The minimum absolute atomic E-state index is 0.0497. The number of rotatable bonds is 2. The predicted molar refractivity (Wildman–Crippen MR) is 56.0 cm³/mol.